The van der Waals surface area contributed by atoms with Gasteiger partial charge in [0.25, 0.3) is 0 Å². The first-order valence-electron chi connectivity index (χ1n) is 11.6. The van der Waals surface area contributed by atoms with Crippen LogP contribution in [0.1, 0.15) is 53.8 Å². The monoisotopic (exact) mass is 497 g/mol. The van der Waals surface area contributed by atoms with Crippen LogP contribution in [0, 0.1) is 6.92 Å². The van der Waals surface area contributed by atoms with E-state index in [0.717, 1.165) is 44.0 Å². The van der Waals surface area contributed by atoms with Crippen LogP contribution in [0.5, 0.6) is 5.75 Å². The molecule has 0 fully saturated rings. The molecule has 0 unspecified atom stereocenters. The molecule has 0 saturated heterocycles. The van der Waals surface area contributed by atoms with Gasteiger partial charge in [0.1, 0.15) is 12.4 Å². The van der Waals surface area contributed by atoms with Gasteiger partial charge in [0, 0.05) is 38.9 Å². The highest BCUT2D eigenvalue weighted by atomic mass is 32.2. The summed E-state index contributed by atoms with van der Waals surface area (Å²) < 4.78 is 11.0. The lowest BCUT2D eigenvalue weighted by atomic mass is 9.73. The zero-order valence-electron chi connectivity index (χ0n) is 20.1. The van der Waals surface area contributed by atoms with Crippen molar-refractivity contribution in [1.82, 2.24) is 5.32 Å². The smallest absolute Gasteiger partial charge is 0.336 e. The quantitative estimate of drug-likeness (QED) is 0.372. The third-order valence-electron chi connectivity index (χ3n) is 6.32. The van der Waals surface area contributed by atoms with Gasteiger partial charge in [-0.25, -0.2) is 4.79 Å². The molecule has 2 atom stereocenters. The number of thiophene rings is 1. The Kier molecular flexibility index (Phi) is 7.84. The molecule has 1 aliphatic heterocycles. The number of allylic oxidation sites excluding steroid dienone is 3. The number of esters is 1. The number of carbonyl (C=O) groups is 2. The first-order chi connectivity index (χ1) is 16.4. The van der Waals surface area contributed by atoms with Gasteiger partial charge in [-0.3, -0.25) is 4.79 Å². The zero-order chi connectivity index (χ0) is 24.2. The predicted molar refractivity (Wildman–Crippen MR) is 139 cm³/mol. The van der Waals surface area contributed by atoms with E-state index < -0.39 is 0 Å². The Morgan fingerprint density at radius 1 is 1.21 bits per heavy atom. The van der Waals surface area contributed by atoms with Crippen LogP contribution in [0.15, 0.2) is 58.9 Å². The van der Waals surface area contributed by atoms with E-state index in [-0.39, 0.29) is 23.6 Å². The van der Waals surface area contributed by atoms with Crippen molar-refractivity contribution in [3.05, 3.63) is 74.3 Å². The Balaban J connectivity index is 1.68. The summed E-state index contributed by atoms with van der Waals surface area (Å²) in [6, 6.07) is 12.0. The lowest BCUT2D eigenvalue weighted by molar-refractivity contribution is -0.138. The third-order valence-corrected chi connectivity index (χ3v) is 8.25. The molecule has 1 N–H and O–H groups in total. The first kappa shape index (κ1) is 24.6. The Morgan fingerprint density at radius 2 is 2.03 bits per heavy atom. The molecule has 2 aromatic rings. The highest BCUT2D eigenvalue weighted by Crippen LogP contribution is 2.47. The van der Waals surface area contributed by atoms with Gasteiger partial charge in [0.05, 0.1) is 18.6 Å². The molecule has 1 aromatic heterocycles. The fraction of sp³-hybridized carbons (Fsp3) is 0.407. The second-order valence-corrected chi connectivity index (χ2v) is 11.3. The number of hydrogen-bond donors (Lipinski definition) is 1. The molecule has 0 radical (unpaired) electrons. The number of rotatable bonds is 8. The van der Waals surface area contributed by atoms with Gasteiger partial charge in [-0.1, -0.05) is 19.1 Å². The third kappa shape index (κ3) is 5.10. The second-order valence-electron chi connectivity index (χ2n) is 8.58. The molecule has 1 aromatic carbocycles. The van der Waals surface area contributed by atoms with Crippen LogP contribution in [-0.2, 0) is 14.3 Å². The molecule has 2 aliphatic rings. The molecule has 4 rings (SSSR count). The number of ether oxygens (including phenoxy) is 2. The highest BCUT2D eigenvalue weighted by Gasteiger charge is 2.42. The minimum Gasteiger partial charge on any atom is -0.497 e. The van der Waals surface area contributed by atoms with E-state index >= 15 is 0 Å². The molecular formula is C27H31NO4S2. The summed E-state index contributed by atoms with van der Waals surface area (Å²) >= 11 is 3.37. The average Bonchev–Trinajstić information content (AvgIpc) is 3.26. The van der Waals surface area contributed by atoms with Crippen LogP contribution in [0.3, 0.4) is 0 Å². The molecule has 2 heterocycles. The van der Waals surface area contributed by atoms with Crippen LogP contribution in [0.25, 0.3) is 0 Å². The van der Waals surface area contributed by atoms with Crippen molar-refractivity contribution in [2.45, 2.75) is 45.4 Å². The topological polar surface area (TPSA) is 64.6 Å². The number of thioether (sulfide) groups is 1. The van der Waals surface area contributed by atoms with Crippen molar-refractivity contribution in [1.29, 1.82) is 0 Å². The fourth-order valence-corrected chi connectivity index (χ4v) is 6.24. The number of methoxy groups -OCH3 is 1. The Labute approximate surface area is 209 Å². The lowest BCUT2D eigenvalue weighted by Gasteiger charge is -2.36. The maximum atomic E-state index is 13.6. The summed E-state index contributed by atoms with van der Waals surface area (Å²) in [5, 5.41) is 3.42. The molecule has 0 bridgehead atoms. The van der Waals surface area contributed by atoms with Crippen LogP contribution in [-0.4, -0.2) is 37.0 Å². The second kappa shape index (κ2) is 10.8. The predicted octanol–water partition coefficient (Wildman–Crippen LogP) is 5.72. The number of nitrogens with one attached hydrogen (secondary N) is 1. The molecule has 5 nitrogen and oxygen atoms in total. The molecule has 7 heteroatoms. The van der Waals surface area contributed by atoms with E-state index in [4.69, 9.17) is 9.47 Å². The van der Waals surface area contributed by atoms with Crippen molar-refractivity contribution < 1.29 is 19.1 Å². The molecule has 34 heavy (non-hydrogen) atoms. The fourth-order valence-electron chi connectivity index (χ4n) is 4.75. The minimum absolute atomic E-state index is 0.0620. The summed E-state index contributed by atoms with van der Waals surface area (Å²) in [7, 11) is 1.65. The standard InChI is InChI=1S/C27H31NO4S2/c1-5-33-12-11-32-27(30)24-17(3)28-21-14-19(18-7-6-8-20(13-18)31-4)15-22(29)25(21)26(24)23-10-9-16(2)34-23/h6-10,13,19,26,28H,5,11-12,14-15H2,1-4H3/t19-,26+/m1/s1. The number of carbonyl (C=O) groups excluding carboxylic acids is 2. The normalized spacial score (nSPS) is 20.2. The van der Waals surface area contributed by atoms with E-state index in [1.165, 1.54) is 0 Å². The van der Waals surface area contributed by atoms with Crippen molar-refractivity contribution in [2.24, 2.45) is 0 Å². The highest BCUT2D eigenvalue weighted by molar-refractivity contribution is 7.99. The summed E-state index contributed by atoms with van der Waals surface area (Å²) in [6.45, 7) is 6.40. The van der Waals surface area contributed by atoms with Gasteiger partial charge in [-0.15, -0.1) is 11.3 Å². The van der Waals surface area contributed by atoms with Gasteiger partial charge >= 0.3 is 5.97 Å². The van der Waals surface area contributed by atoms with Gasteiger partial charge in [0.15, 0.2) is 5.78 Å². The molecule has 0 amide bonds. The van der Waals surface area contributed by atoms with Crippen molar-refractivity contribution in [3.8, 4) is 5.75 Å². The van der Waals surface area contributed by atoms with Crippen LogP contribution in [0.2, 0.25) is 0 Å². The maximum Gasteiger partial charge on any atom is 0.336 e. The van der Waals surface area contributed by atoms with E-state index in [1.54, 1.807) is 30.2 Å². The molecule has 0 saturated carbocycles. The van der Waals surface area contributed by atoms with E-state index in [0.29, 0.717) is 30.6 Å². The molecule has 0 spiro atoms. The average molecular weight is 498 g/mol. The molecule has 1 aliphatic carbocycles. The number of aryl methyl sites for hydroxylation is 1. The first-order valence-corrected chi connectivity index (χ1v) is 13.6. The number of hydrogen-bond acceptors (Lipinski definition) is 7. The maximum absolute atomic E-state index is 13.6. The number of ketones is 1. The molecule has 180 valence electrons. The van der Waals surface area contributed by atoms with Crippen LogP contribution < -0.4 is 10.1 Å². The van der Waals surface area contributed by atoms with Crippen molar-refractivity contribution in [3.63, 3.8) is 0 Å². The number of dihydropyridines is 1. The Morgan fingerprint density at radius 3 is 2.74 bits per heavy atom. The van der Waals surface area contributed by atoms with E-state index in [1.807, 2.05) is 44.2 Å². The van der Waals surface area contributed by atoms with Gasteiger partial charge in [-0.2, -0.15) is 11.8 Å². The number of benzene rings is 1. The van der Waals surface area contributed by atoms with Crippen molar-refractivity contribution >= 4 is 34.9 Å². The minimum atomic E-state index is -0.389. The van der Waals surface area contributed by atoms with Crippen LogP contribution >= 0.6 is 23.1 Å². The van der Waals surface area contributed by atoms with Crippen LogP contribution in [0.4, 0.5) is 0 Å². The van der Waals surface area contributed by atoms with Gasteiger partial charge in [0.2, 0.25) is 0 Å². The van der Waals surface area contributed by atoms with Gasteiger partial charge < -0.3 is 14.8 Å². The van der Waals surface area contributed by atoms with E-state index in [2.05, 4.69) is 18.3 Å². The zero-order valence-corrected chi connectivity index (χ0v) is 21.7. The SMILES string of the molecule is CCSCCOC(=O)C1=C(C)NC2=C(C(=O)C[C@H](c3cccc(OC)c3)C2)[C@H]1c1ccc(C)s1. The van der Waals surface area contributed by atoms with Crippen molar-refractivity contribution in [2.75, 3.05) is 25.2 Å². The summed E-state index contributed by atoms with van der Waals surface area (Å²) in [5.74, 6) is 1.95. The molecular weight excluding hydrogens is 466 g/mol. The summed E-state index contributed by atoms with van der Waals surface area (Å²) in [5.41, 5.74) is 4.03. The number of Topliss-reactive ketones (excluding diaryl/α,β-unsaturated/α-hetero) is 1. The summed E-state index contributed by atoms with van der Waals surface area (Å²) in [4.78, 5) is 29.0. The Hall–Kier alpha value is -2.51. The van der Waals surface area contributed by atoms with Gasteiger partial charge in [-0.05, 0) is 61.8 Å². The summed E-state index contributed by atoms with van der Waals surface area (Å²) in [6.07, 6.45) is 1.12. The lowest BCUT2D eigenvalue weighted by Crippen LogP contribution is -2.36. The largest absolute Gasteiger partial charge is 0.497 e. The van der Waals surface area contributed by atoms with E-state index in [9.17, 15) is 9.59 Å². The Bertz CT molecular complexity index is 1150.